The Balaban J connectivity index is 1.54. The lowest BCUT2D eigenvalue weighted by Crippen LogP contribution is -2.04. The van der Waals surface area contributed by atoms with E-state index >= 15 is 0 Å². The fraction of sp³-hybridized carbons (Fsp3) is 0.250. The summed E-state index contributed by atoms with van der Waals surface area (Å²) >= 11 is 0. The third kappa shape index (κ3) is 2.79. The summed E-state index contributed by atoms with van der Waals surface area (Å²) in [5.41, 5.74) is 2.32. The minimum Gasteiger partial charge on any atom is -0.497 e. The monoisotopic (exact) mass is 271 g/mol. The highest BCUT2D eigenvalue weighted by molar-refractivity contribution is 5.47. The van der Waals surface area contributed by atoms with E-state index in [-0.39, 0.29) is 0 Å². The number of ether oxygens (including phenoxy) is 3. The van der Waals surface area contributed by atoms with Gasteiger partial charge in [-0.15, -0.1) is 0 Å². The molecule has 20 heavy (non-hydrogen) atoms. The minimum absolute atomic E-state index is 0.322. The first-order valence-electron chi connectivity index (χ1n) is 6.61. The number of rotatable bonds is 5. The van der Waals surface area contributed by atoms with E-state index in [0.717, 1.165) is 35.9 Å². The van der Waals surface area contributed by atoms with Gasteiger partial charge < -0.3 is 19.5 Å². The molecule has 1 aliphatic heterocycles. The SMILES string of the molecule is COc1ccc(NCCc2ccc3c(c2)OCO3)cc1. The molecule has 0 aromatic heterocycles. The Morgan fingerprint density at radius 1 is 1.05 bits per heavy atom. The van der Waals surface area contributed by atoms with Crippen LogP contribution in [0.2, 0.25) is 0 Å². The van der Waals surface area contributed by atoms with Crippen LogP contribution in [-0.2, 0) is 6.42 Å². The van der Waals surface area contributed by atoms with Crippen molar-refractivity contribution in [3.05, 3.63) is 48.0 Å². The maximum absolute atomic E-state index is 5.37. The highest BCUT2D eigenvalue weighted by Crippen LogP contribution is 2.32. The number of nitrogens with one attached hydrogen (secondary N) is 1. The van der Waals surface area contributed by atoms with Gasteiger partial charge in [0, 0.05) is 12.2 Å². The number of hydrogen-bond acceptors (Lipinski definition) is 4. The molecule has 3 rings (SSSR count). The van der Waals surface area contributed by atoms with Gasteiger partial charge in [-0.1, -0.05) is 6.07 Å². The Labute approximate surface area is 118 Å². The van der Waals surface area contributed by atoms with Gasteiger partial charge >= 0.3 is 0 Å². The van der Waals surface area contributed by atoms with E-state index < -0.39 is 0 Å². The van der Waals surface area contributed by atoms with E-state index in [9.17, 15) is 0 Å². The number of hydrogen-bond donors (Lipinski definition) is 1. The van der Waals surface area contributed by atoms with Crippen LogP contribution in [0.1, 0.15) is 5.56 Å². The van der Waals surface area contributed by atoms with Gasteiger partial charge in [-0.05, 0) is 48.4 Å². The van der Waals surface area contributed by atoms with Crippen molar-refractivity contribution in [3.8, 4) is 17.2 Å². The molecule has 2 aromatic rings. The molecule has 0 bridgehead atoms. The van der Waals surface area contributed by atoms with Crippen molar-refractivity contribution in [2.75, 3.05) is 25.8 Å². The molecule has 4 heteroatoms. The normalized spacial score (nSPS) is 12.2. The number of benzene rings is 2. The molecule has 4 nitrogen and oxygen atoms in total. The molecule has 1 N–H and O–H groups in total. The van der Waals surface area contributed by atoms with Crippen molar-refractivity contribution >= 4 is 5.69 Å². The third-order valence-electron chi connectivity index (χ3n) is 3.27. The largest absolute Gasteiger partial charge is 0.497 e. The van der Waals surface area contributed by atoms with E-state index in [1.54, 1.807) is 7.11 Å². The average molecular weight is 271 g/mol. The predicted molar refractivity (Wildman–Crippen MR) is 77.8 cm³/mol. The molecule has 2 aromatic carbocycles. The Kier molecular flexibility index (Phi) is 3.63. The summed E-state index contributed by atoms with van der Waals surface area (Å²) in [7, 11) is 1.67. The number of methoxy groups -OCH3 is 1. The van der Waals surface area contributed by atoms with Gasteiger partial charge in [-0.3, -0.25) is 0 Å². The molecule has 0 unspecified atom stereocenters. The van der Waals surface area contributed by atoms with E-state index in [0.29, 0.717) is 6.79 Å². The molecule has 0 saturated carbocycles. The highest BCUT2D eigenvalue weighted by Gasteiger charge is 2.12. The quantitative estimate of drug-likeness (QED) is 0.907. The van der Waals surface area contributed by atoms with Crippen LogP contribution in [0.25, 0.3) is 0 Å². The average Bonchev–Trinajstić information content (AvgIpc) is 2.95. The van der Waals surface area contributed by atoms with Gasteiger partial charge in [-0.2, -0.15) is 0 Å². The van der Waals surface area contributed by atoms with Crippen molar-refractivity contribution in [2.45, 2.75) is 6.42 Å². The van der Waals surface area contributed by atoms with Gasteiger partial charge in [0.1, 0.15) is 5.75 Å². The molecule has 0 atom stereocenters. The number of anilines is 1. The van der Waals surface area contributed by atoms with E-state index in [4.69, 9.17) is 14.2 Å². The van der Waals surface area contributed by atoms with Gasteiger partial charge in [0.2, 0.25) is 6.79 Å². The summed E-state index contributed by atoms with van der Waals surface area (Å²) in [6.45, 7) is 1.19. The lowest BCUT2D eigenvalue weighted by Gasteiger charge is -2.08. The van der Waals surface area contributed by atoms with Crippen molar-refractivity contribution in [3.63, 3.8) is 0 Å². The Morgan fingerprint density at radius 2 is 1.85 bits per heavy atom. The maximum atomic E-state index is 5.37. The van der Waals surface area contributed by atoms with Crippen LogP contribution in [0.4, 0.5) is 5.69 Å². The van der Waals surface area contributed by atoms with E-state index in [1.807, 2.05) is 36.4 Å². The second-order valence-electron chi connectivity index (χ2n) is 4.59. The summed E-state index contributed by atoms with van der Waals surface area (Å²) in [4.78, 5) is 0. The lowest BCUT2D eigenvalue weighted by molar-refractivity contribution is 0.174. The van der Waals surface area contributed by atoms with Crippen LogP contribution in [0.5, 0.6) is 17.2 Å². The predicted octanol–water partition coefficient (Wildman–Crippen LogP) is 3.08. The van der Waals surface area contributed by atoms with Crippen molar-refractivity contribution in [1.82, 2.24) is 0 Å². The molecule has 0 aliphatic carbocycles. The van der Waals surface area contributed by atoms with Gasteiger partial charge in [-0.25, -0.2) is 0 Å². The van der Waals surface area contributed by atoms with Crippen LogP contribution < -0.4 is 19.5 Å². The Bertz CT molecular complexity index is 581. The second-order valence-corrected chi connectivity index (χ2v) is 4.59. The standard InChI is InChI=1S/C16H17NO3/c1-18-14-5-3-13(4-6-14)17-9-8-12-2-7-15-16(10-12)20-11-19-15/h2-7,10,17H,8-9,11H2,1H3. The summed E-state index contributed by atoms with van der Waals surface area (Å²) in [5.74, 6) is 2.54. The first-order chi connectivity index (χ1) is 9.85. The lowest BCUT2D eigenvalue weighted by atomic mass is 10.1. The zero-order valence-electron chi connectivity index (χ0n) is 11.4. The Morgan fingerprint density at radius 3 is 2.65 bits per heavy atom. The maximum Gasteiger partial charge on any atom is 0.231 e. The summed E-state index contributed by atoms with van der Waals surface area (Å²) in [5, 5.41) is 3.38. The van der Waals surface area contributed by atoms with Crippen molar-refractivity contribution in [1.29, 1.82) is 0 Å². The van der Waals surface area contributed by atoms with E-state index in [2.05, 4.69) is 11.4 Å². The van der Waals surface area contributed by atoms with Gasteiger partial charge in [0.25, 0.3) is 0 Å². The van der Waals surface area contributed by atoms with Crippen LogP contribution in [0, 0.1) is 0 Å². The molecular formula is C16H17NO3. The smallest absolute Gasteiger partial charge is 0.231 e. The summed E-state index contributed by atoms with van der Waals surface area (Å²) in [6.07, 6.45) is 0.933. The van der Waals surface area contributed by atoms with Crippen LogP contribution >= 0.6 is 0 Å². The Hall–Kier alpha value is -2.36. The first-order valence-corrected chi connectivity index (χ1v) is 6.61. The molecule has 0 saturated heterocycles. The van der Waals surface area contributed by atoms with Gasteiger partial charge in [0.15, 0.2) is 11.5 Å². The second kappa shape index (κ2) is 5.74. The fourth-order valence-corrected chi connectivity index (χ4v) is 2.16. The van der Waals surface area contributed by atoms with Crippen LogP contribution in [-0.4, -0.2) is 20.4 Å². The zero-order valence-corrected chi connectivity index (χ0v) is 11.4. The molecule has 0 spiro atoms. The third-order valence-corrected chi connectivity index (χ3v) is 3.27. The molecule has 104 valence electrons. The molecule has 1 aliphatic rings. The molecule has 1 heterocycles. The van der Waals surface area contributed by atoms with Crippen molar-refractivity contribution in [2.24, 2.45) is 0 Å². The van der Waals surface area contributed by atoms with Crippen LogP contribution in [0.3, 0.4) is 0 Å². The van der Waals surface area contributed by atoms with E-state index in [1.165, 1.54) is 5.56 Å². The summed E-state index contributed by atoms with van der Waals surface area (Å²) in [6, 6.07) is 14.0. The molecule has 0 fully saturated rings. The molecule has 0 radical (unpaired) electrons. The fourth-order valence-electron chi connectivity index (χ4n) is 2.16. The van der Waals surface area contributed by atoms with Gasteiger partial charge in [0.05, 0.1) is 7.11 Å². The first kappa shape index (κ1) is 12.7. The number of fused-ring (bicyclic) bond motifs is 1. The highest BCUT2D eigenvalue weighted by atomic mass is 16.7. The zero-order chi connectivity index (χ0) is 13.8. The summed E-state index contributed by atoms with van der Waals surface area (Å²) < 4.78 is 15.8. The topological polar surface area (TPSA) is 39.7 Å². The molecular weight excluding hydrogens is 254 g/mol. The minimum atomic E-state index is 0.322. The molecule has 0 amide bonds. The van der Waals surface area contributed by atoms with Crippen LogP contribution in [0.15, 0.2) is 42.5 Å². The van der Waals surface area contributed by atoms with Crippen molar-refractivity contribution < 1.29 is 14.2 Å².